The fourth-order valence-electron chi connectivity index (χ4n) is 3.58. The molecule has 0 bridgehead atoms. The molecular weight excluding hydrogens is 269 g/mol. The van der Waals surface area contributed by atoms with Crippen LogP contribution < -0.4 is 0 Å². The molecule has 4 heteroatoms. The van der Waals surface area contributed by atoms with E-state index in [4.69, 9.17) is 4.74 Å². The Morgan fingerprint density at radius 2 is 1.95 bits per heavy atom. The van der Waals surface area contributed by atoms with Gasteiger partial charge in [0.05, 0.1) is 0 Å². The second kappa shape index (κ2) is 6.56. The van der Waals surface area contributed by atoms with Crippen molar-refractivity contribution in [2.75, 3.05) is 6.54 Å². The topological polar surface area (TPSA) is 29.5 Å². The van der Waals surface area contributed by atoms with Crippen molar-refractivity contribution in [3.05, 3.63) is 35.6 Å². The van der Waals surface area contributed by atoms with Crippen molar-refractivity contribution in [2.45, 2.75) is 57.2 Å². The minimum atomic E-state index is -0.315. The molecule has 1 saturated carbocycles. The van der Waals surface area contributed by atoms with Crippen LogP contribution in [-0.2, 0) is 16.1 Å². The summed E-state index contributed by atoms with van der Waals surface area (Å²) in [5.41, 5.74) is 0.441. The molecule has 114 valence electrons. The lowest BCUT2D eigenvalue weighted by atomic mass is 10.1. The zero-order valence-corrected chi connectivity index (χ0v) is 12.3. The van der Waals surface area contributed by atoms with Crippen LogP contribution in [0.15, 0.2) is 24.3 Å². The smallest absolute Gasteiger partial charge is 0.323 e. The number of halogens is 1. The molecule has 2 aliphatic rings. The molecule has 0 radical (unpaired) electrons. The van der Waals surface area contributed by atoms with Crippen LogP contribution in [-0.4, -0.2) is 29.5 Å². The van der Waals surface area contributed by atoms with Crippen LogP contribution in [0, 0.1) is 5.82 Å². The number of likely N-dealkylation sites (tertiary alicyclic amines) is 1. The van der Waals surface area contributed by atoms with Gasteiger partial charge in [0, 0.05) is 11.6 Å². The number of benzene rings is 1. The normalized spacial score (nSPS) is 23.6. The van der Waals surface area contributed by atoms with E-state index >= 15 is 0 Å². The Morgan fingerprint density at radius 3 is 2.71 bits per heavy atom. The summed E-state index contributed by atoms with van der Waals surface area (Å²) in [7, 11) is 0. The predicted molar refractivity (Wildman–Crippen MR) is 78.2 cm³/mol. The van der Waals surface area contributed by atoms with Crippen molar-refractivity contribution >= 4 is 5.97 Å². The molecule has 3 rings (SSSR count). The summed E-state index contributed by atoms with van der Waals surface area (Å²) in [5, 5.41) is 0. The zero-order valence-electron chi connectivity index (χ0n) is 12.3. The fourth-order valence-corrected chi connectivity index (χ4v) is 3.58. The third kappa shape index (κ3) is 3.26. The monoisotopic (exact) mass is 291 g/mol. The summed E-state index contributed by atoms with van der Waals surface area (Å²) in [6.07, 6.45) is 6.83. The first-order valence-corrected chi connectivity index (χ1v) is 7.91. The second-order valence-corrected chi connectivity index (χ2v) is 6.03. The van der Waals surface area contributed by atoms with Gasteiger partial charge in [-0.25, -0.2) is 4.39 Å². The van der Waals surface area contributed by atoms with Gasteiger partial charge in [-0.1, -0.05) is 31.0 Å². The van der Waals surface area contributed by atoms with E-state index in [0.717, 1.165) is 19.4 Å². The molecular formula is C17H22FNO2. The highest BCUT2D eigenvalue weighted by molar-refractivity contribution is 5.76. The maximum Gasteiger partial charge on any atom is 0.323 e. The molecule has 0 amide bonds. The molecule has 0 aromatic heterocycles. The summed E-state index contributed by atoms with van der Waals surface area (Å²) in [5.74, 6) is -0.507. The highest BCUT2D eigenvalue weighted by Gasteiger charge is 2.37. The third-order valence-electron chi connectivity index (χ3n) is 4.69. The number of hydrogen-bond donors (Lipinski definition) is 0. The number of esters is 1. The largest absolute Gasteiger partial charge is 0.460 e. The number of carbonyl (C=O) groups is 1. The van der Waals surface area contributed by atoms with Crippen molar-refractivity contribution in [2.24, 2.45) is 0 Å². The van der Waals surface area contributed by atoms with Gasteiger partial charge in [-0.2, -0.15) is 0 Å². The Balaban J connectivity index is 1.58. The van der Waals surface area contributed by atoms with Gasteiger partial charge in [0.15, 0.2) is 0 Å². The van der Waals surface area contributed by atoms with Crippen LogP contribution in [0.1, 0.15) is 44.1 Å². The van der Waals surface area contributed by atoms with Crippen molar-refractivity contribution in [3.8, 4) is 0 Å². The molecule has 1 aliphatic heterocycles. The van der Waals surface area contributed by atoms with Crippen molar-refractivity contribution in [1.82, 2.24) is 4.90 Å². The minimum absolute atomic E-state index is 0.0283. The molecule has 2 fully saturated rings. The third-order valence-corrected chi connectivity index (χ3v) is 4.69. The van der Waals surface area contributed by atoms with Gasteiger partial charge < -0.3 is 4.74 Å². The van der Waals surface area contributed by atoms with E-state index in [0.29, 0.717) is 11.6 Å². The Hall–Kier alpha value is -1.42. The molecule has 1 aromatic rings. The van der Waals surface area contributed by atoms with E-state index in [2.05, 4.69) is 4.90 Å². The van der Waals surface area contributed by atoms with Gasteiger partial charge in [-0.3, -0.25) is 9.69 Å². The molecule has 1 atom stereocenters. The SMILES string of the molecule is O=C(OCc1ccccc1F)C1CCCN1C1CCCC1. The van der Waals surface area contributed by atoms with Gasteiger partial charge in [0.2, 0.25) is 0 Å². The number of nitrogens with zero attached hydrogens (tertiary/aromatic N) is 1. The Labute approximate surface area is 125 Å². The van der Waals surface area contributed by atoms with Gasteiger partial charge in [-0.15, -0.1) is 0 Å². The second-order valence-electron chi connectivity index (χ2n) is 6.03. The average molecular weight is 291 g/mol. The fraction of sp³-hybridized carbons (Fsp3) is 0.588. The Morgan fingerprint density at radius 1 is 1.19 bits per heavy atom. The van der Waals surface area contributed by atoms with Gasteiger partial charge in [-0.05, 0) is 38.3 Å². The van der Waals surface area contributed by atoms with Crippen LogP contribution >= 0.6 is 0 Å². The number of hydrogen-bond acceptors (Lipinski definition) is 3. The molecule has 21 heavy (non-hydrogen) atoms. The molecule has 1 aliphatic carbocycles. The summed E-state index contributed by atoms with van der Waals surface area (Å²) in [6.45, 7) is 1.02. The lowest BCUT2D eigenvalue weighted by molar-refractivity contribution is -0.151. The molecule has 0 spiro atoms. The lowest BCUT2D eigenvalue weighted by Crippen LogP contribution is -2.42. The van der Waals surface area contributed by atoms with E-state index in [9.17, 15) is 9.18 Å². The van der Waals surface area contributed by atoms with Crippen LogP contribution in [0.4, 0.5) is 4.39 Å². The predicted octanol–water partition coefficient (Wildman–Crippen LogP) is 3.28. The first-order valence-electron chi connectivity index (χ1n) is 7.91. The van der Waals surface area contributed by atoms with Crippen LogP contribution in [0.25, 0.3) is 0 Å². The first-order chi connectivity index (χ1) is 10.3. The quantitative estimate of drug-likeness (QED) is 0.797. The minimum Gasteiger partial charge on any atom is -0.460 e. The van der Waals surface area contributed by atoms with E-state index in [1.54, 1.807) is 18.2 Å². The molecule has 1 heterocycles. The highest BCUT2D eigenvalue weighted by Crippen LogP contribution is 2.30. The molecule has 3 nitrogen and oxygen atoms in total. The molecule has 1 unspecified atom stereocenters. The average Bonchev–Trinajstić information content (AvgIpc) is 3.16. The molecule has 1 saturated heterocycles. The van der Waals surface area contributed by atoms with Crippen molar-refractivity contribution in [3.63, 3.8) is 0 Å². The maximum atomic E-state index is 13.5. The number of ether oxygens (including phenoxy) is 1. The first kappa shape index (κ1) is 14.5. The summed E-state index contributed by atoms with van der Waals surface area (Å²) >= 11 is 0. The van der Waals surface area contributed by atoms with Crippen molar-refractivity contribution < 1.29 is 13.9 Å². The molecule has 0 N–H and O–H groups in total. The van der Waals surface area contributed by atoms with E-state index in [1.165, 1.54) is 31.7 Å². The van der Waals surface area contributed by atoms with Crippen molar-refractivity contribution in [1.29, 1.82) is 0 Å². The Kier molecular flexibility index (Phi) is 4.54. The van der Waals surface area contributed by atoms with E-state index in [-0.39, 0.29) is 24.4 Å². The maximum absolute atomic E-state index is 13.5. The zero-order chi connectivity index (χ0) is 14.7. The van der Waals surface area contributed by atoms with Crippen LogP contribution in [0.3, 0.4) is 0 Å². The highest BCUT2D eigenvalue weighted by atomic mass is 19.1. The summed E-state index contributed by atoms with van der Waals surface area (Å²) < 4.78 is 18.9. The molecule has 1 aromatic carbocycles. The summed E-state index contributed by atoms with van der Waals surface area (Å²) in [6, 6.07) is 6.86. The standard InChI is InChI=1S/C17H22FNO2/c18-15-9-4-1-6-13(15)12-21-17(20)16-10-5-11-19(16)14-7-2-3-8-14/h1,4,6,9,14,16H,2-3,5,7-8,10-12H2. The van der Waals surface area contributed by atoms with E-state index < -0.39 is 0 Å². The number of rotatable bonds is 4. The van der Waals surface area contributed by atoms with Gasteiger partial charge in [0.1, 0.15) is 18.5 Å². The van der Waals surface area contributed by atoms with E-state index in [1.807, 2.05) is 0 Å². The number of carbonyl (C=O) groups excluding carboxylic acids is 1. The Bertz CT molecular complexity index is 499. The van der Waals surface area contributed by atoms with Crippen LogP contribution in [0.5, 0.6) is 0 Å². The summed E-state index contributed by atoms with van der Waals surface area (Å²) in [4.78, 5) is 14.6. The lowest BCUT2D eigenvalue weighted by Gasteiger charge is -2.28. The van der Waals surface area contributed by atoms with Crippen LogP contribution in [0.2, 0.25) is 0 Å². The van der Waals surface area contributed by atoms with Gasteiger partial charge >= 0.3 is 5.97 Å². The van der Waals surface area contributed by atoms with Gasteiger partial charge in [0.25, 0.3) is 0 Å².